The fraction of sp³-hybridized carbons (Fsp3) is 0.481. The van der Waals surface area contributed by atoms with E-state index in [1.165, 1.54) is 56.9 Å². The van der Waals surface area contributed by atoms with Crippen LogP contribution in [0.25, 0.3) is 10.9 Å². The summed E-state index contributed by atoms with van der Waals surface area (Å²) in [4.78, 5) is 5.98. The first-order valence-electron chi connectivity index (χ1n) is 12.2. The second kappa shape index (κ2) is 10.9. The van der Waals surface area contributed by atoms with Crippen molar-refractivity contribution in [2.45, 2.75) is 50.7 Å². The van der Waals surface area contributed by atoms with E-state index in [0.717, 1.165) is 35.3 Å². The van der Waals surface area contributed by atoms with Gasteiger partial charge in [0, 0.05) is 23.6 Å². The summed E-state index contributed by atoms with van der Waals surface area (Å²) in [6.07, 6.45) is 8.16. The molecular weight excluding hydrogens is 430 g/mol. The third kappa shape index (κ3) is 6.46. The molecule has 33 heavy (non-hydrogen) atoms. The Morgan fingerprint density at radius 1 is 1.12 bits per heavy atom. The van der Waals surface area contributed by atoms with Gasteiger partial charge in [-0.25, -0.2) is 13.1 Å². The second-order valence-corrected chi connectivity index (χ2v) is 11.5. The number of sulfonamides is 1. The molecule has 1 fully saturated rings. The number of hydrogen-bond acceptors (Lipinski definition) is 3. The van der Waals surface area contributed by atoms with Crippen LogP contribution in [0.1, 0.15) is 55.2 Å². The zero-order chi connectivity index (χ0) is 23.3. The van der Waals surface area contributed by atoms with E-state index in [-0.39, 0.29) is 5.75 Å². The zero-order valence-corrected chi connectivity index (χ0v) is 20.7. The van der Waals surface area contributed by atoms with Crippen LogP contribution < -0.4 is 4.72 Å². The smallest absolute Gasteiger partial charge is 0.215 e. The van der Waals surface area contributed by atoms with Crippen LogP contribution in [0, 0.1) is 5.92 Å². The molecule has 4 rings (SSSR count). The lowest BCUT2D eigenvalue weighted by Crippen LogP contribution is -2.36. The van der Waals surface area contributed by atoms with E-state index in [0.29, 0.717) is 5.92 Å². The first-order valence-corrected chi connectivity index (χ1v) is 13.9. The summed E-state index contributed by atoms with van der Waals surface area (Å²) in [5.41, 5.74) is 4.64. The first kappa shape index (κ1) is 24.0. The summed E-state index contributed by atoms with van der Waals surface area (Å²) in [6, 6.07) is 16.8. The number of nitrogens with one attached hydrogen (secondary N) is 2. The molecule has 6 heteroatoms. The van der Waals surface area contributed by atoms with Gasteiger partial charge in [-0.05, 0) is 86.5 Å². The minimum absolute atomic E-state index is 0.0194. The molecule has 1 aromatic heterocycles. The molecule has 0 saturated carbocycles. The van der Waals surface area contributed by atoms with Gasteiger partial charge in [-0.3, -0.25) is 0 Å². The van der Waals surface area contributed by atoms with E-state index >= 15 is 0 Å². The number of aromatic amines is 1. The zero-order valence-electron chi connectivity index (χ0n) is 19.9. The molecule has 2 aromatic carbocycles. The Hall–Kier alpha value is -2.15. The van der Waals surface area contributed by atoms with Crippen molar-refractivity contribution < 1.29 is 8.42 Å². The normalized spacial score (nSPS) is 16.9. The Morgan fingerprint density at radius 2 is 1.88 bits per heavy atom. The molecule has 2 heterocycles. The maximum atomic E-state index is 11.9. The minimum atomic E-state index is -3.26. The van der Waals surface area contributed by atoms with Crippen LogP contribution in [0.3, 0.4) is 0 Å². The summed E-state index contributed by atoms with van der Waals surface area (Å²) in [7, 11) is -1.80. The van der Waals surface area contributed by atoms with Crippen LogP contribution >= 0.6 is 0 Å². The van der Waals surface area contributed by atoms with Gasteiger partial charge in [0.05, 0.1) is 5.75 Å². The maximum absolute atomic E-state index is 11.9. The maximum Gasteiger partial charge on any atom is 0.215 e. The average molecular weight is 468 g/mol. The van der Waals surface area contributed by atoms with Gasteiger partial charge < -0.3 is 9.88 Å². The Bertz CT molecular complexity index is 1130. The van der Waals surface area contributed by atoms with E-state index < -0.39 is 10.0 Å². The van der Waals surface area contributed by atoms with E-state index in [1.807, 2.05) is 18.2 Å². The molecule has 5 nitrogen and oxygen atoms in total. The van der Waals surface area contributed by atoms with Crippen LogP contribution in [0.4, 0.5) is 0 Å². The molecule has 3 aromatic rings. The van der Waals surface area contributed by atoms with Crippen LogP contribution in [0.5, 0.6) is 0 Å². The third-order valence-corrected chi connectivity index (χ3v) is 8.50. The number of rotatable bonds is 10. The Kier molecular flexibility index (Phi) is 7.89. The van der Waals surface area contributed by atoms with Crippen LogP contribution in [0.2, 0.25) is 0 Å². The summed E-state index contributed by atoms with van der Waals surface area (Å²) >= 11 is 0. The molecule has 1 aliphatic rings. The van der Waals surface area contributed by atoms with Gasteiger partial charge in [-0.15, -0.1) is 0 Å². The number of likely N-dealkylation sites (tertiary alicyclic amines) is 1. The molecule has 0 amide bonds. The highest BCUT2D eigenvalue weighted by molar-refractivity contribution is 7.88. The molecule has 0 spiro atoms. The molecule has 1 aliphatic heterocycles. The van der Waals surface area contributed by atoms with Crippen molar-refractivity contribution in [1.29, 1.82) is 0 Å². The van der Waals surface area contributed by atoms with E-state index in [1.54, 1.807) is 0 Å². The topological polar surface area (TPSA) is 65.2 Å². The van der Waals surface area contributed by atoms with Gasteiger partial charge in [0.1, 0.15) is 0 Å². The fourth-order valence-electron chi connectivity index (χ4n) is 5.13. The molecule has 1 saturated heterocycles. The fourth-order valence-corrected chi connectivity index (χ4v) is 5.89. The highest BCUT2D eigenvalue weighted by Crippen LogP contribution is 2.27. The lowest BCUT2D eigenvalue weighted by atomic mass is 9.90. The molecule has 1 unspecified atom stereocenters. The van der Waals surface area contributed by atoms with Crippen molar-refractivity contribution in [3.63, 3.8) is 0 Å². The van der Waals surface area contributed by atoms with Gasteiger partial charge in [-0.2, -0.15) is 0 Å². The standard InChI is InChI=1S/C27H37N3O2S/c1-21(24-8-4-3-5-9-24)19-30-15-13-22(14-16-30)7-6-10-25-18-29-27-12-11-23(17-26(25)27)20-33(31,32)28-2/h3-5,8-9,11-12,17-18,21-22,28-29H,6-7,10,13-16,19-20H2,1-2H3. The van der Waals surface area contributed by atoms with Gasteiger partial charge in [0.15, 0.2) is 0 Å². The van der Waals surface area contributed by atoms with E-state index in [9.17, 15) is 8.42 Å². The van der Waals surface area contributed by atoms with Gasteiger partial charge in [0.2, 0.25) is 10.0 Å². The van der Waals surface area contributed by atoms with Crippen LogP contribution in [-0.4, -0.2) is 45.0 Å². The SMILES string of the molecule is CNS(=O)(=O)Cc1ccc2[nH]cc(CCCC3CCN(CC(C)c4ccccc4)CC3)c2c1. The Morgan fingerprint density at radius 3 is 2.61 bits per heavy atom. The van der Waals surface area contributed by atoms with Crippen LogP contribution in [-0.2, 0) is 22.2 Å². The number of nitrogens with zero attached hydrogens (tertiary/aromatic N) is 1. The van der Waals surface area contributed by atoms with Crippen molar-refractivity contribution in [3.05, 3.63) is 71.4 Å². The average Bonchev–Trinajstić information content (AvgIpc) is 3.23. The van der Waals surface area contributed by atoms with Crippen molar-refractivity contribution in [2.75, 3.05) is 26.7 Å². The highest BCUT2D eigenvalue weighted by Gasteiger charge is 2.21. The molecule has 1 atom stereocenters. The molecule has 0 aliphatic carbocycles. The monoisotopic (exact) mass is 467 g/mol. The van der Waals surface area contributed by atoms with Gasteiger partial charge >= 0.3 is 0 Å². The summed E-state index contributed by atoms with van der Waals surface area (Å²) in [6.45, 7) is 5.90. The van der Waals surface area contributed by atoms with Crippen molar-refractivity contribution >= 4 is 20.9 Å². The predicted octanol–water partition coefficient (Wildman–Crippen LogP) is 5.06. The lowest BCUT2D eigenvalue weighted by Gasteiger charge is -2.33. The predicted molar refractivity (Wildman–Crippen MR) is 137 cm³/mol. The van der Waals surface area contributed by atoms with Gasteiger partial charge in [-0.1, -0.05) is 49.7 Å². The Labute approximate surface area is 198 Å². The van der Waals surface area contributed by atoms with E-state index in [2.05, 4.69) is 58.1 Å². The Balaban J connectivity index is 1.24. The minimum Gasteiger partial charge on any atom is -0.361 e. The molecule has 0 radical (unpaired) electrons. The summed E-state index contributed by atoms with van der Waals surface area (Å²) in [5, 5.41) is 1.16. The van der Waals surface area contributed by atoms with E-state index in [4.69, 9.17) is 0 Å². The number of fused-ring (bicyclic) bond motifs is 1. The first-order chi connectivity index (χ1) is 15.9. The summed E-state index contributed by atoms with van der Waals surface area (Å²) < 4.78 is 26.2. The van der Waals surface area contributed by atoms with Crippen molar-refractivity contribution in [2.24, 2.45) is 5.92 Å². The quantitative estimate of drug-likeness (QED) is 0.438. The number of aromatic nitrogens is 1. The third-order valence-electron chi connectivity index (χ3n) is 7.17. The molecular formula is C27H37N3O2S. The van der Waals surface area contributed by atoms with Gasteiger partial charge in [0.25, 0.3) is 0 Å². The molecule has 0 bridgehead atoms. The van der Waals surface area contributed by atoms with Crippen molar-refractivity contribution in [3.8, 4) is 0 Å². The largest absolute Gasteiger partial charge is 0.361 e. The van der Waals surface area contributed by atoms with Crippen LogP contribution in [0.15, 0.2) is 54.7 Å². The van der Waals surface area contributed by atoms with Crippen molar-refractivity contribution in [1.82, 2.24) is 14.6 Å². The number of piperidine rings is 1. The highest BCUT2D eigenvalue weighted by atomic mass is 32.2. The number of hydrogen-bond donors (Lipinski definition) is 2. The summed E-state index contributed by atoms with van der Waals surface area (Å²) in [5.74, 6) is 1.42. The molecule has 2 N–H and O–H groups in total. The number of benzene rings is 2. The second-order valence-electron chi connectivity index (χ2n) is 9.61. The number of H-pyrrole nitrogens is 1. The number of aryl methyl sites for hydroxylation is 1. The lowest BCUT2D eigenvalue weighted by molar-refractivity contribution is 0.171. The molecule has 178 valence electrons.